The number of hydrogen-bond donors (Lipinski definition) is 0. The van der Waals surface area contributed by atoms with Crippen LogP contribution >= 0.6 is 0 Å². The number of hydrogen-bond acceptors (Lipinski definition) is 5. The maximum Gasteiger partial charge on any atom is 0.260 e. The van der Waals surface area contributed by atoms with Gasteiger partial charge in [-0.25, -0.2) is 0 Å². The molecule has 1 fully saturated rings. The highest BCUT2D eigenvalue weighted by molar-refractivity contribution is 5.97. The van der Waals surface area contributed by atoms with Crippen LogP contribution in [-0.4, -0.2) is 73.2 Å². The summed E-state index contributed by atoms with van der Waals surface area (Å²) in [6.45, 7) is 3.77. The van der Waals surface area contributed by atoms with Gasteiger partial charge in [-0.15, -0.1) is 0 Å². The Morgan fingerprint density at radius 3 is 2.05 bits per heavy atom. The minimum Gasteiger partial charge on any atom is -0.497 e. The van der Waals surface area contributed by atoms with E-state index < -0.39 is 0 Å². The average Bonchev–Trinajstić information content (AvgIpc) is 3.36. The van der Waals surface area contributed by atoms with Crippen molar-refractivity contribution in [2.75, 3.05) is 47.0 Å². The Morgan fingerprint density at radius 2 is 1.38 bits per heavy atom. The minimum atomic E-state index is -0.0851. The number of aromatic nitrogens is 1. The molecule has 0 radical (unpaired) electrons. The molecule has 1 aliphatic rings. The quantitative estimate of drug-likeness (QED) is 0.321. The standard InChI is InChI=1S/C32H33N3O5/c1-23-29(32(37)34-18-16-33(17-19-34)31(36)22-40-27-9-5-4-6-10-27)21-30(24-12-14-26(38-2)15-13-24)35(23)25-8-7-11-28(20-25)39-3/h4-15,20-21H,16-19,22H2,1-3H3. The molecule has 40 heavy (non-hydrogen) atoms. The van der Waals surface area contributed by atoms with Crippen LogP contribution in [0.2, 0.25) is 0 Å². The molecular formula is C32H33N3O5. The first kappa shape index (κ1) is 26.9. The first-order chi connectivity index (χ1) is 19.5. The largest absolute Gasteiger partial charge is 0.497 e. The molecule has 0 N–H and O–H groups in total. The Labute approximate surface area is 234 Å². The van der Waals surface area contributed by atoms with E-state index >= 15 is 0 Å². The molecular weight excluding hydrogens is 506 g/mol. The number of piperazine rings is 1. The van der Waals surface area contributed by atoms with Crippen LogP contribution in [0.1, 0.15) is 16.1 Å². The molecule has 5 rings (SSSR count). The summed E-state index contributed by atoms with van der Waals surface area (Å²) in [5.41, 5.74) is 4.21. The molecule has 0 unspecified atom stereocenters. The molecule has 4 aromatic rings. The summed E-state index contributed by atoms with van der Waals surface area (Å²) in [7, 11) is 3.28. The van der Waals surface area contributed by atoms with Gasteiger partial charge in [0.2, 0.25) is 0 Å². The summed E-state index contributed by atoms with van der Waals surface area (Å²) in [6, 6.07) is 26.8. The molecule has 206 valence electrons. The summed E-state index contributed by atoms with van der Waals surface area (Å²) >= 11 is 0. The number of ether oxygens (including phenoxy) is 3. The number of carbonyl (C=O) groups excluding carboxylic acids is 2. The van der Waals surface area contributed by atoms with Crippen LogP contribution in [0.4, 0.5) is 0 Å². The Morgan fingerprint density at radius 1 is 0.725 bits per heavy atom. The number of carbonyl (C=O) groups is 2. The van der Waals surface area contributed by atoms with Crippen molar-refractivity contribution in [2.45, 2.75) is 6.92 Å². The first-order valence-corrected chi connectivity index (χ1v) is 13.2. The smallest absolute Gasteiger partial charge is 0.260 e. The summed E-state index contributed by atoms with van der Waals surface area (Å²) in [5, 5.41) is 0. The predicted octanol–water partition coefficient (Wildman–Crippen LogP) is 4.83. The van der Waals surface area contributed by atoms with Crippen LogP contribution in [0.15, 0.2) is 84.9 Å². The lowest BCUT2D eigenvalue weighted by molar-refractivity contribution is -0.134. The molecule has 8 nitrogen and oxygen atoms in total. The molecule has 1 aliphatic heterocycles. The van der Waals surface area contributed by atoms with E-state index in [4.69, 9.17) is 14.2 Å². The van der Waals surface area contributed by atoms with Crippen molar-refractivity contribution >= 4 is 11.8 Å². The van der Waals surface area contributed by atoms with Gasteiger partial charge in [0.15, 0.2) is 6.61 Å². The Balaban J connectivity index is 1.36. The number of benzene rings is 3. The van der Waals surface area contributed by atoms with Crippen LogP contribution < -0.4 is 14.2 Å². The van der Waals surface area contributed by atoms with Crippen molar-refractivity contribution in [1.29, 1.82) is 0 Å². The zero-order valence-corrected chi connectivity index (χ0v) is 23.0. The first-order valence-electron chi connectivity index (χ1n) is 13.2. The van der Waals surface area contributed by atoms with Crippen molar-refractivity contribution in [2.24, 2.45) is 0 Å². The fraction of sp³-hybridized carbons (Fsp3) is 0.250. The van der Waals surface area contributed by atoms with Gasteiger partial charge < -0.3 is 28.6 Å². The highest BCUT2D eigenvalue weighted by Gasteiger charge is 2.28. The second kappa shape index (κ2) is 12.0. The van der Waals surface area contributed by atoms with Crippen molar-refractivity contribution in [3.8, 4) is 34.2 Å². The summed E-state index contributed by atoms with van der Waals surface area (Å²) in [6.07, 6.45) is 0. The summed E-state index contributed by atoms with van der Waals surface area (Å²) in [5.74, 6) is 2.02. The van der Waals surface area contributed by atoms with Gasteiger partial charge in [0, 0.05) is 43.6 Å². The summed E-state index contributed by atoms with van der Waals surface area (Å²) < 4.78 is 18.5. The van der Waals surface area contributed by atoms with E-state index in [0.29, 0.717) is 37.5 Å². The monoisotopic (exact) mass is 539 g/mol. The van der Waals surface area contributed by atoms with E-state index in [1.807, 2.05) is 96.8 Å². The molecule has 2 amide bonds. The Bertz CT molecular complexity index is 1470. The van der Waals surface area contributed by atoms with Crippen molar-refractivity contribution in [3.05, 3.63) is 96.2 Å². The minimum absolute atomic E-state index is 0.0221. The lowest BCUT2D eigenvalue weighted by Crippen LogP contribution is -2.51. The van der Waals surface area contributed by atoms with Crippen LogP contribution in [0.25, 0.3) is 16.9 Å². The third-order valence-electron chi connectivity index (χ3n) is 7.20. The van der Waals surface area contributed by atoms with E-state index in [-0.39, 0.29) is 18.4 Å². The van der Waals surface area contributed by atoms with Crippen molar-refractivity contribution < 1.29 is 23.8 Å². The maximum atomic E-state index is 13.8. The van der Waals surface area contributed by atoms with E-state index in [9.17, 15) is 9.59 Å². The van der Waals surface area contributed by atoms with E-state index in [1.54, 1.807) is 19.1 Å². The van der Waals surface area contributed by atoms with Crippen LogP contribution in [0.3, 0.4) is 0 Å². The maximum absolute atomic E-state index is 13.8. The molecule has 3 aromatic carbocycles. The lowest BCUT2D eigenvalue weighted by Gasteiger charge is -2.34. The zero-order chi connectivity index (χ0) is 28.1. The SMILES string of the molecule is COc1ccc(-c2cc(C(=O)N3CCN(C(=O)COc4ccccc4)CC3)c(C)n2-c2cccc(OC)c2)cc1. The molecule has 2 heterocycles. The van der Waals surface area contributed by atoms with Gasteiger partial charge in [-0.1, -0.05) is 24.3 Å². The fourth-order valence-electron chi connectivity index (χ4n) is 4.96. The number of rotatable bonds is 8. The predicted molar refractivity (Wildman–Crippen MR) is 153 cm³/mol. The van der Waals surface area contributed by atoms with Gasteiger partial charge in [-0.3, -0.25) is 9.59 Å². The van der Waals surface area contributed by atoms with Crippen LogP contribution in [0.5, 0.6) is 17.2 Å². The number of nitrogens with zero attached hydrogens (tertiary/aromatic N) is 3. The highest BCUT2D eigenvalue weighted by atomic mass is 16.5. The molecule has 0 atom stereocenters. The fourth-order valence-corrected chi connectivity index (χ4v) is 4.96. The lowest BCUT2D eigenvalue weighted by atomic mass is 10.1. The average molecular weight is 540 g/mol. The van der Waals surface area contributed by atoms with E-state index in [0.717, 1.165) is 34.1 Å². The van der Waals surface area contributed by atoms with Crippen LogP contribution in [0, 0.1) is 6.92 Å². The Kier molecular flexibility index (Phi) is 8.05. The van der Waals surface area contributed by atoms with Crippen molar-refractivity contribution in [3.63, 3.8) is 0 Å². The number of methoxy groups -OCH3 is 2. The topological polar surface area (TPSA) is 73.2 Å². The third-order valence-corrected chi connectivity index (χ3v) is 7.20. The second-order valence-electron chi connectivity index (χ2n) is 9.57. The molecule has 0 spiro atoms. The van der Waals surface area contributed by atoms with E-state index in [2.05, 4.69) is 4.57 Å². The van der Waals surface area contributed by atoms with Gasteiger partial charge >= 0.3 is 0 Å². The van der Waals surface area contributed by atoms with Gasteiger partial charge in [0.1, 0.15) is 17.2 Å². The molecule has 0 bridgehead atoms. The molecule has 8 heteroatoms. The van der Waals surface area contributed by atoms with Gasteiger partial charge in [-0.2, -0.15) is 0 Å². The number of para-hydroxylation sites is 1. The molecule has 1 saturated heterocycles. The zero-order valence-electron chi connectivity index (χ0n) is 23.0. The third kappa shape index (κ3) is 5.66. The second-order valence-corrected chi connectivity index (χ2v) is 9.57. The molecule has 0 saturated carbocycles. The number of amides is 2. The Hall–Kier alpha value is -4.72. The van der Waals surface area contributed by atoms with E-state index in [1.165, 1.54) is 0 Å². The molecule has 1 aromatic heterocycles. The van der Waals surface area contributed by atoms with Gasteiger partial charge in [-0.05, 0) is 67.1 Å². The van der Waals surface area contributed by atoms with Gasteiger partial charge in [0.05, 0.1) is 25.5 Å². The van der Waals surface area contributed by atoms with Crippen molar-refractivity contribution in [1.82, 2.24) is 14.4 Å². The summed E-state index contributed by atoms with van der Waals surface area (Å²) in [4.78, 5) is 30.1. The van der Waals surface area contributed by atoms with Gasteiger partial charge in [0.25, 0.3) is 11.8 Å². The highest BCUT2D eigenvalue weighted by Crippen LogP contribution is 2.32. The normalized spacial score (nSPS) is 13.2. The van der Waals surface area contributed by atoms with Crippen LogP contribution in [-0.2, 0) is 4.79 Å². The molecule has 0 aliphatic carbocycles.